The molecule has 0 bridgehead atoms. The molecular weight excluding hydrogens is 423 g/mol. The van der Waals surface area contributed by atoms with Crippen molar-refractivity contribution in [2.45, 2.75) is 17.6 Å². The molecule has 0 fully saturated rings. The van der Waals surface area contributed by atoms with Gasteiger partial charge in [-0.2, -0.15) is 13.2 Å². The van der Waals surface area contributed by atoms with E-state index in [1.165, 1.54) is 0 Å². The second kappa shape index (κ2) is 6.94. The van der Waals surface area contributed by atoms with E-state index in [4.69, 9.17) is 27.7 Å². The number of aromatic nitrogens is 1. The fourth-order valence-electron chi connectivity index (χ4n) is 2.72. The summed E-state index contributed by atoms with van der Waals surface area (Å²) in [5.41, 5.74) is 4.44. The largest absolute Gasteiger partial charge is 0.416 e. The van der Waals surface area contributed by atoms with Crippen LogP contribution in [0.5, 0.6) is 0 Å². The molecule has 0 saturated carbocycles. The molecule has 0 spiro atoms. The van der Waals surface area contributed by atoms with Crippen LogP contribution in [0, 0.1) is 0 Å². The van der Waals surface area contributed by atoms with Gasteiger partial charge in [0, 0.05) is 18.1 Å². The molecule has 2 aromatic carbocycles. The summed E-state index contributed by atoms with van der Waals surface area (Å²) in [6.07, 6.45) is -3.47. The number of benzene rings is 2. The van der Waals surface area contributed by atoms with E-state index in [-0.39, 0.29) is 38.2 Å². The van der Waals surface area contributed by atoms with Crippen molar-refractivity contribution < 1.29 is 32.0 Å². The van der Waals surface area contributed by atoms with Gasteiger partial charge in [0.15, 0.2) is 0 Å². The maximum atomic E-state index is 13.0. The Hall–Kier alpha value is -2.31. The second-order valence-electron chi connectivity index (χ2n) is 5.79. The summed E-state index contributed by atoms with van der Waals surface area (Å²) in [6, 6.07) is 5.82. The molecule has 4 N–H and O–H groups in total. The van der Waals surface area contributed by atoms with Crippen LogP contribution in [0.25, 0.3) is 10.9 Å². The van der Waals surface area contributed by atoms with Gasteiger partial charge in [0.25, 0.3) is 10.0 Å². The number of anilines is 1. The summed E-state index contributed by atoms with van der Waals surface area (Å²) in [4.78, 5) is -0.361. The van der Waals surface area contributed by atoms with Crippen molar-refractivity contribution in [3.8, 4) is 0 Å². The highest BCUT2D eigenvalue weighted by Gasteiger charge is 2.32. The summed E-state index contributed by atoms with van der Waals surface area (Å²) in [5.74, 6) is 0. The number of nitrogens with zero attached hydrogens (tertiary/aromatic N) is 2. The van der Waals surface area contributed by atoms with E-state index in [0.29, 0.717) is 0 Å². The molecule has 1 aromatic heterocycles. The normalized spacial score (nSPS) is 12.5. The molecule has 0 aliphatic rings. The molecule has 28 heavy (non-hydrogen) atoms. The van der Waals surface area contributed by atoms with E-state index in [1.807, 2.05) is 0 Å². The minimum atomic E-state index is -4.60. The van der Waals surface area contributed by atoms with Gasteiger partial charge in [-0.15, -0.1) is 5.23 Å². The van der Waals surface area contributed by atoms with Crippen molar-refractivity contribution in [3.05, 3.63) is 58.7 Å². The van der Waals surface area contributed by atoms with E-state index in [1.54, 1.807) is 0 Å². The lowest BCUT2D eigenvalue weighted by molar-refractivity contribution is -0.137. The number of halogens is 4. The third-order valence-electron chi connectivity index (χ3n) is 4.09. The first-order chi connectivity index (χ1) is 13.0. The van der Waals surface area contributed by atoms with E-state index in [0.717, 1.165) is 46.6 Å². The van der Waals surface area contributed by atoms with Crippen LogP contribution >= 0.6 is 11.6 Å². The zero-order valence-corrected chi connectivity index (χ0v) is 15.4. The number of fused-ring (bicyclic) bond motifs is 1. The fourth-order valence-corrected chi connectivity index (χ4v) is 4.33. The molecule has 0 unspecified atom stereocenters. The first kappa shape index (κ1) is 20.4. The zero-order valence-electron chi connectivity index (χ0n) is 13.9. The highest BCUT2D eigenvalue weighted by atomic mass is 35.5. The van der Waals surface area contributed by atoms with Crippen LogP contribution in [0.4, 0.5) is 18.9 Å². The van der Waals surface area contributed by atoms with E-state index < -0.39 is 27.5 Å². The Morgan fingerprint density at radius 2 is 1.82 bits per heavy atom. The Morgan fingerprint density at radius 3 is 2.39 bits per heavy atom. The first-order valence-electron chi connectivity index (χ1n) is 7.61. The number of alkyl halides is 3. The molecule has 0 aliphatic carbocycles. The fraction of sp³-hybridized carbons (Fsp3) is 0.125. The second-order valence-corrected chi connectivity index (χ2v) is 8.01. The molecule has 12 heteroatoms. The standard InChI is InChI=1S/C16H13ClF3N3O4S/c17-13-3-2-11(6-15(13)23(24)25)28(26,27)22-8-9(7-21)12-5-10(16(18,19)20)1-4-14(12)22/h1-6,8,24-25H,7,21H2. The average molecular weight is 436 g/mol. The molecule has 0 amide bonds. The van der Waals surface area contributed by atoms with Gasteiger partial charge < -0.3 is 5.73 Å². The number of hydrogen-bond donors (Lipinski definition) is 3. The molecule has 0 saturated heterocycles. The highest BCUT2D eigenvalue weighted by molar-refractivity contribution is 7.90. The topological polar surface area (TPSA) is 109 Å². The van der Waals surface area contributed by atoms with Gasteiger partial charge in [0.1, 0.15) is 5.69 Å². The predicted molar refractivity (Wildman–Crippen MR) is 94.9 cm³/mol. The van der Waals surface area contributed by atoms with Crippen LogP contribution in [0.15, 0.2) is 47.5 Å². The maximum Gasteiger partial charge on any atom is 0.416 e. The van der Waals surface area contributed by atoms with Crippen molar-refractivity contribution in [2.75, 3.05) is 5.23 Å². The van der Waals surface area contributed by atoms with Crippen LogP contribution in [0.1, 0.15) is 11.1 Å². The van der Waals surface area contributed by atoms with Crippen LogP contribution in [0.2, 0.25) is 5.02 Å². The van der Waals surface area contributed by atoms with Crippen LogP contribution in [-0.4, -0.2) is 22.8 Å². The Morgan fingerprint density at radius 1 is 1.14 bits per heavy atom. The SMILES string of the molecule is NCc1cn(S(=O)(=O)c2ccc(Cl)c(N(O)O)c2)c2ccc(C(F)(F)F)cc12. The van der Waals surface area contributed by atoms with Crippen LogP contribution < -0.4 is 11.0 Å². The van der Waals surface area contributed by atoms with Gasteiger partial charge >= 0.3 is 6.18 Å². The predicted octanol–water partition coefficient (Wildman–Crippen LogP) is 3.59. The van der Waals surface area contributed by atoms with Gasteiger partial charge in [-0.1, -0.05) is 11.6 Å². The van der Waals surface area contributed by atoms with Crippen LogP contribution in [0.3, 0.4) is 0 Å². The third kappa shape index (κ3) is 3.42. The molecule has 1 heterocycles. The highest BCUT2D eigenvalue weighted by Crippen LogP contribution is 2.35. The Labute approximate surface area is 161 Å². The summed E-state index contributed by atoms with van der Waals surface area (Å²) < 4.78 is 65.8. The van der Waals surface area contributed by atoms with Crippen molar-refractivity contribution in [2.24, 2.45) is 5.73 Å². The van der Waals surface area contributed by atoms with Gasteiger partial charge in [0.2, 0.25) is 0 Å². The lowest BCUT2D eigenvalue weighted by atomic mass is 10.1. The number of nitrogens with two attached hydrogens (primary N) is 1. The summed E-state index contributed by atoms with van der Waals surface area (Å²) in [7, 11) is -4.30. The molecular formula is C16H13ClF3N3O4S. The van der Waals surface area contributed by atoms with E-state index in [9.17, 15) is 21.6 Å². The van der Waals surface area contributed by atoms with E-state index >= 15 is 0 Å². The molecule has 3 rings (SSSR count). The van der Waals surface area contributed by atoms with E-state index in [2.05, 4.69) is 0 Å². The summed E-state index contributed by atoms with van der Waals surface area (Å²) in [6.45, 7) is -0.187. The van der Waals surface area contributed by atoms with Crippen molar-refractivity contribution >= 4 is 38.2 Å². The minimum absolute atomic E-state index is 0.00481. The first-order valence-corrected chi connectivity index (χ1v) is 9.43. The van der Waals surface area contributed by atoms with Crippen molar-refractivity contribution in [1.82, 2.24) is 3.97 Å². The smallest absolute Gasteiger partial charge is 0.326 e. The minimum Gasteiger partial charge on any atom is -0.326 e. The van der Waals surface area contributed by atoms with Crippen LogP contribution in [-0.2, 0) is 22.7 Å². The Kier molecular flexibility index (Phi) is 5.06. The summed E-state index contributed by atoms with van der Waals surface area (Å²) in [5, 5.41) is 17.9. The third-order valence-corrected chi connectivity index (χ3v) is 6.08. The van der Waals surface area contributed by atoms with Gasteiger partial charge in [-0.3, -0.25) is 10.4 Å². The lowest BCUT2D eigenvalue weighted by Gasteiger charge is -2.13. The molecule has 0 radical (unpaired) electrons. The van der Waals surface area contributed by atoms with Gasteiger partial charge in [-0.05, 0) is 42.0 Å². The van der Waals surface area contributed by atoms with Gasteiger partial charge in [-0.25, -0.2) is 12.4 Å². The van der Waals surface area contributed by atoms with Crippen molar-refractivity contribution in [1.29, 1.82) is 0 Å². The number of hydrogen-bond acceptors (Lipinski definition) is 6. The Bertz CT molecular complexity index is 1160. The lowest BCUT2D eigenvalue weighted by Crippen LogP contribution is -2.15. The monoisotopic (exact) mass is 435 g/mol. The summed E-state index contributed by atoms with van der Waals surface area (Å²) >= 11 is 5.78. The maximum absolute atomic E-state index is 13.0. The molecule has 0 aliphatic heterocycles. The molecule has 3 aromatic rings. The van der Waals surface area contributed by atoms with Gasteiger partial charge in [0.05, 0.1) is 21.0 Å². The van der Waals surface area contributed by atoms with Crippen molar-refractivity contribution in [3.63, 3.8) is 0 Å². The Balaban J connectivity index is 2.24. The zero-order chi connectivity index (χ0) is 20.9. The number of rotatable bonds is 4. The molecule has 7 nitrogen and oxygen atoms in total. The quantitative estimate of drug-likeness (QED) is 0.540. The molecule has 150 valence electrons. The molecule has 0 atom stereocenters. The average Bonchev–Trinajstić information content (AvgIpc) is 2.99.